The van der Waals surface area contributed by atoms with Gasteiger partial charge in [0, 0.05) is 29.2 Å². The standard InChI is InChI=1S/C20H18ClN3O3/c1-12-8-15(21)6-7-17(12)24-11-14(10-18(24)25)20-22-19(23-27-20)13-4-3-5-16(9-13)26-2/h3-9,14H,10-11H2,1-2H3. The molecule has 3 aromatic rings. The Labute approximate surface area is 161 Å². The number of benzene rings is 2. The summed E-state index contributed by atoms with van der Waals surface area (Å²) in [5, 5.41) is 4.72. The molecular weight excluding hydrogens is 366 g/mol. The lowest BCUT2D eigenvalue weighted by atomic mass is 10.1. The van der Waals surface area contributed by atoms with E-state index < -0.39 is 0 Å². The predicted octanol–water partition coefficient (Wildman–Crippen LogP) is 4.23. The highest BCUT2D eigenvalue weighted by atomic mass is 35.5. The number of hydrogen-bond donors (Lipinski definition) is 0. The van der Waals surface area contributed by atoms with Crippen molar-refractivity contribution in [2.75, 3.05) is 18.6 Å². The van der Waals surface area contributed by atoms with Crippen LogP contribution in [0.25, 0.3) is 11.4 Å². The van der Waals surface area contributed by atoms with Crippen LogP contribution in [-0.2, 0) is 4.79 Å². The molecule has 1 aliphatic heterocycles. The van der Waals surface area contributed by atoms with Crippen molar-refractivity contribution in [3.05, 3.63) is 58.9 Å². The zero-order valence-electron chi connectivity index (χ0n) is 15.0. The van der Waals surface area contributed by atoms with Gasteiger partial charge in [0.05, 0.1) is 13.0 Å². The van der Waals surface area contributed by atoms with Crippen LogP contribution in [0.1, 0.15) is 23.8 Å². The molecule has 2 aromatic carbocycles. The van der Waals surface area contributed by atoms with E-state index in [0.717, 1.165) is 22.6 Å². The quantitative estimate of drug-likeness (QED) is 0.674. The van der Waals surface area contributed by atoms with Gasteiger partial charge in [0.15, 0.2) is 0 Å². The molecule has 1 saturated heterocycles. The smallest absolute Gasteiger partial charge is 0.232 e. The number of carbonyl (C=O) groups is 1. The van der Waals surface area contributed by atoms with E-state index in [1.165, 1.54) is 0 Å². The second-order valence-electron chi connectivity index (χ2n) is 6.52. The van der Waals surface area contributed by atoms with Crippen molar-refractivity contribution in [3.8, 4) is 17.1 Å². The van der Waals surface area contributed by atoms with Crippen LogP contribution in [0.3, 0.4) is 0 Å². The van der Waals surface area contributed by atoms with Crippen LogP contribution in [0.5, 0.6) is 5.75 Å². The van der Waals surface area contributed by atoms with Gasteiger partial charge >= 0.3 is 0 Å². The van der Waals surface area contributed by atoms with Crippen LogP contribution in [0.4, 0.5) is 5.69 Å². The fourth-order valence-corrected chi connectivity index (χ4v) is 3.53. The molecule has 4 rings (SSSR count). The van der Waals surface area contributed by atoms with E-state index >= 15 is 0 Å². The van der Waals surface area contributed by atoms with Crippen molar-refractivity contribution < 1.29 is 14.1 Å². The minimum Gasteiger partial charge on any atom is -0.497 e. The molecule has 1 amide bonds. The van der Waals surface area contributed by atoms with Crippen LogP contribution >= 0.6 is 11.6 Å². The van der Waals surface area contributed by atoms with E-state index in [-0.39, 0.29) is 11.8 Å². The Morgan fingerprint density at radius 3 is 2.89 bits per heavy atom. The molecule has 0 N–H and O–H groups in total. The summed E-state index contributed by atoms with van der Waals surface area (Å²) in [7, 11) is 1.61. The Morgan fingerprint density at radius 2 is 2.11 bits per heavy atom. The number of aryl methyl sites for hydroxylation is 1. The van der Waals surface area contributed by atoms with E-state index in [4.69, 9.17) is 20.9 Å². The summed E-state index contributed by atoms with van der Waals surface area (Å²) in [4.78, 5) is 18.8. The maximum Gasteiger partial charge on any atom is 0.232 e. The third-order valence-electron chi connectivity index (χ3n) is 4.69. The highest BCUT2D eigenvalue weighted by molar-refractivity contribution is 6.30. The largest absolute Gasteiger partial charge is 0.497 e. The molecule has 1 aliphatic rings. The van der Waals surface area contributed by atoms with Gasteiger partial charge in [-0.15, -0.1) is 0 Å². The van der Waals surface area contributed by atoms with E-state index in [9.17, 15) is 4.79 Å². The van der Waals surface area contributed by atoms with Gasteiger partial charge in [-0.3, -0.25) is 4.79 Å². The number of halogens is 1. The number of ether oxygens (including phenoxy) is 1. The van der Waals surface area contributed by atoms with Gasteiger partial charge in [0.2, 0.25) is 17.6 Å². The normalized spacial score (nSPS) is 16.8. The number of methoxy groups -OCH3 is 1. The highest BCUT2D eigenvalue weighted by Crippen LogP contribution is 2.34. The molecule has 27 heavy (non-hydrogen) atoms. The van der Waals surface area contributed by atoms with Crippen molar-refractivity contribution in [2.24, 2.45) is 0 Å². The lowest BCUT2D eigenvalue weighted by molar-refractivity contribution is -0.117. The first-order chi connectivity index (χ1) is 13.0. The van der Waals surface area contributed by atoms with Crippen LogP contribution in [0.15, 0.2) is 47.0 Å². The number of anilines is 1. The van der Waals surface area contributed by atoms with Crippen molar-refractivity contribution in [2.45, 2.75) is 19.3 Å². The summed E-state index contributed by atoms with van der Waals surface area (Å²) in [5.74, 6) is 1.57. The van der Waals surface area contributed by atoms with Gasteiger partial charge in [-0.2, -0.15) is 4.98 Å². The fraction of sp³-hybridized carbons (Fsp3) is 0.250. The van der Waals surface area contributed by atoms with Crippen LogP contribution < -0.4 is 9.64 Å². The number of rotatable bonds is 4. The third kappa shape index (κ3) is 3.40. The number of nitrogens with zero attached hydrogens (tertiary/aromatic N) is 3. The first-order valence-electron chi connectivity index (χ1n) is 8.59. The summed E-state index contributed by atoms with van der Waals surface area (Å²) < 4.78 is 10.7. The Morgan fingerprint density at radius 1 is 1.26 bits per heavy atom. The first-order valence-corrected chi connectivity index (χ1v) is 8.97. The Balaban J connectivity index is 1.57. The first kappa shape index (κ1) is 17.5. The SMILES string of the molecule is COc1cccc(-c2noc(C3CC(=O)N(c4ccc(Cl)cc4C)C3)n2)c1. The lowest BCUT2D eigenvalue weighted by Gasteiger charge is -2.18. The maximum absolute atomic E-state index is 12.5. The third-order valence-corrected chi connectivity index (χ3v) is 4.93. The van der Waals surface area contributed by atoms with Crippen LogP contribution in [-0.4, -0.2) is 29.7 Å². The Kier molecular flexibility index (Phi) is 4.58. The van der Waals surface area contributed by atoms with Crippen molar-refractivity contribution in [3.63, 3.8) is 0 Å². The summed E-state index contributed by atoms with van der Waals surface area (Å²) >= 11 is 6.02. The van der Waals surface area contributed by atoms with Gasteiger partial charge in [0.25, 0.3) is 0 Å². The number of hydrogen-bond acceptors (Lipinski definition) is 5. The molecule has 0 spiro atoms. The number of amides is 1. The second kappa shape index (κ2) is 7.04. The topological polar surface area (TPSA) is 68.5 Å². The van der Waals surface area contributed by atoms with E-state index in [1.807, 2.05) is 43.3 Å². The minimum absolute atomic E-state index is 0.0338. The average Bonchev–Trinajstić information content (AvgIpc) is 3.29. The summed E-state index contributed by atoms with van der Waals surface area (Å²) in [6.07, 6.45) is 0.335. The maximum atomic E-state index is 12.5. The second-order valence-corrected chi connectivity index (χ2v) is 6.96. The number of carbonyl (C=O) groups excluding carboxylic acids is 1. The van der Waals surface area contributed by atoms with Crippen LogP contribution in [0.2, 0.25) is 5.02 Å². The van der Waals surface area contributed by atoms with Crippen LogP contribution in [0, 0.1) is 6.92 Å². The molecule has 1 atom stereocenters. The molecule has 0 bridgehead atoms. The molecule has 7 heteroatoms. The van der Waals surface area contributed by atoms with E-state index in [1.54, 1.807) is 18.1 Å². The summed E-state index contributed by atoms with van der Waals surface area (Å²) in [5.41, 5.74) is 2.62. The fourth-order valence-electron chi connectivity index (χ4n) is 3.31. The van der Waals surface area contributed by atoms with Gasteiger partial charge in [0.1, 0.15) is 5.75 Å². The molecule has 1 fully saturated rings. The van der Waals surface area contributed by atoms with Crippen molar-refractivity contribution >= 4 is 23.2 Å². The van der Waals surface area contributed by atoms with Gasteiger partial charge in [-0.1, -0.05) is 28.9 Å². The average molecular weight is 384 g/mol. The molecule has 0 radical (unpaired) electrons. The molecule has 2 heterocycles. The molecular formula is C20H18ClN3O3. The van der Waals surface area contributed by atoms with E-state index in [2.05, 4.69) is 10.1 Å². The predicted molar refractivity (Wildman–Crippen MR) is 102 cm³/mol. The van der Waals surface area contributed by atoms with Crippen molar-refractivity contribution in [1.82, 2.24) is 10.1 Å². The highest BCUT2D eigenvalue weighted by Gasteiger charge is 2.35. The molecule has 6 nitrogen and oxygen atoms in total. The zero-order chi connectivity index (χ0) is 19.0. The monoisotopic (exact) mass is 383 g/mol. The van der Waals surface area contributed by atoms with Gasteiger partial charge in [-0.25, -0.2) is 0 Å². The summed E-state index contributed by atoms with van der Waals surface area (Å²) in [6.45, 7) is 2.44. The molecule has 1 aromatic heterocycles. The molecule has 0 saturated carbocycles. The zero-order valence-corrected chi connectivity index (χ0v) is 15.7. The molecule has 0 aliphatic carbocycles. The van der Waals surface area contributed by atoms with E-state index in [0.29, 0.717) is 29.7 Å². The van der Waals surface area contributed by atoms with Gasteiger partial charge in [-0.05, 0) is 42.8 Å². The lowest BCUT2D eigenvalue weighted by Crippen LogP contribution is -2.25. The summed E-state index contributed by atoms with van der Waals surface area (Å²) in [6, 6.07) is 13.0. The number of aromatic nitrogens is 2. The minimum atomic E-state index is -0.139. The Bertz CT molecular complexity index is 1000. The van der Waals surface area contributed by atoms with Gasteiger partial charge < -0.3 is 14.2 Å². The molecule has 1 unspecified atom stereocenters. The van der Waals surface area contributed by atoms with Crippen molar-refractivity contribution in [1.29, 1.82) is 0 Å². The molecule has 138 valence electrons. The Hall–Kier alpha value is -2.86.